The highest BCUT2D eigenvalue weighted by Crippen LogP contribution is 2.33. The Kier molecular flexibility index (Phi) is 9.90. The van der Waals surface area contributed by atoms with E-state index in [1.807, 2.05) is 37.3 Å². The van der Waals surface area contributed by atoms with E-state index in [0.717, 1.165) is 15.4 Å². The van der Waals surface area contributed by atoms with Gasteiger partial charge in [-0.25, -0.2) is 8.42 Å². The van der Waals surface area contributed by atoms with E-state index in [1.54, 1.807) is 50.2 Å². The molecule has 0 fully saturated rings. The third-order valence-electron chi connectivity index (χ3n) is 6.22. The van der Waals surface area contributed by atoms with E-state index in [1.165, 1.54) is 24.1 Å². The number of rotatable bonds is 12. The molecule has 3 rings (SSSR count). The molecule has 38 heavy (non-hydrogen) atoms. The molecular formula is C29H35N3O5S. The summed E-state index contributed by atoms with van der Waals surface area (Å²) in [6.07, 6.45) is 0.509. The molecule has 8 nitrogen and oxygen atoms in total. The van der Waals surface area contributed by atoms with E-state index in [0.29, 0.717) is 18.7 Å². The number of ether oxygens (including phenoxy) is 1. The number of hydrogen-bond acceptors (Lipinski definition) is 5. The normalized spacial score (nSPS) is 11.9. The number of nitrogens with one attached hydrogen (secondary N) is 1. The maximum atomic E-state index is 13.9. The Hall–Kier alpha value is -3.85. The van der Waals surface area contributed by atoms with Crippen molar-refractivity contribution < 1.29 is 22.7 Å². The van der Waals surface area contributed by atoms with E-state index in [2.05, 4.69) is 5.32 Å². The van der Waals surface area contributed by atoms with Crippen LogP contribution in [0.15, 0.2) is 83.8 Å². The molecule has 0 saturated carbocycles. The molecule has 202 valence electrons. The number of benzene rings is 3. The third kappa shape index (κ3) is 6.92. The molecule has 0 spiro atoms. The topological polar surface area (TPSA) is 96.0 Å². The van der Waals surface area contributed by atoms with Gasteiger partial charge in [0.15, 0.2) is 0 Å². The zero-order valence-corrected chi connectivity index (χ0v) is 23.1. The molecule has 0 unspecified atom stereocenters. The van der Waals surface area contributed by atoms with Crippen molar-refractivity contribution in [3.63, 3.8) is 0 Å². The number of carbonyl (C=O) groups is 2. The lowest BCUT2D eigenvalue weighted by Gasteiger charge is -2.32. The minimum absolute atomic E-state index is 0.0453. The quantitative estimate of drug-likeness (QED) is 0.379. The largest absolute Gasteiger partial charge is 0.495 e. The number of methoxy groups -OCH3 is 1. The van der Waals surface area contributed by atoms with Gasteiger partial charge in [0.2, 0.25) is 11.8 Å². The number of aryl methyl sites for hydroxylation is 1. The van der Waals surface area contributed by atoms with Gasteiger partial charge in [0, 0.05) is 13.1 Å². The second-order valence-corrected chi connectivity index (χ2v) is 10.8. The van der Waals surface area contributed by atoms with Crippen molar-refractivity contribution in [3.05, 3.63) is 90.0 Å². The first-order chi connectivity index (χ1) is 18.2. The van der Waals surface area contributed by atoms with Crippen molar-refractivity contribution in [2.75, 3.05) is 31.0 Å². The Balaban J connectivity index is 2.03. The minimum Gasteiger partial charge on any atom is -0.495 e. The fourth-order valence-electron chi connectivity index (χ4n) is 4.12. The highest BCUT2D eigenvalue weighted by atomic mass is 32.2. The highest BCUT2D eigenvalue weighted by molar-refractivity contribution is 7.92. The molecular weight excluding hydrogens is 502 g/mol. The summed E-state index contributed by atoms with van der Waals surface area (Å²) in [5, 5.41) is 2.76. The molecule has 0 bridgehead atoms. The van der Waals surface area contributed by atoms with Gasteiger partial charge in [0.1, 0.15) is 18.3 Å². The molecule has 0 aliphatic carbocycles. The number of hydrogen-bond donors (Lipinski definition) is 1. The zero-order valence-electron chi connectivity index (χ0n) is 22.3. The predicted molar refractivity (Wildman–Crippen MR) is 149 cm³/mol. The van der Waals surface area contributed by atoms with Gasteiger partial charge in [-0.15, -0.1) is 0 Å². The van der Waals surface area contributed by atoms with Crippen molar-refractivity contribution in [3.8, 4) is 5.75 Å². The molecule has 0 saturated heterocycles. The Bertz CT molecular complexity index is 1330. The van der Waals surface area contributed by atoms with Crippen LogP contribution in [0.2, 0.25) is 0 Å². The second kappa shape index (κ2) is 13.1. The molecule has 2 amide bonds. The van der Waals surface area contributed by atoms with Crippen LogP contribution in [0.3, 0.4) is 0 Å². The standard InChI is InChI=1S/C29H35N3O5S/c1-5-30-29(34)23(3)31(19-18-24-12-8-6-9-13-24)28(33)21-32(26-20-22(2)16-17-27(26)37-4)38(35,36)25-14-10-7-11-15-25/h6-17,20,23H,5,18-19,21H2,1-4H3,(H,30,34)/t23-/m1/s1. The average Bonchev–Trinajstić information content (AvgIpc) is 2.92. The fraction of sp³-hybridized carbons (Fsp3) is 0.310. The number of anilines is 1. The maximum Gasteiger partial charge on any atom is 0.264 e. The summed E-state index contributed by atoms with van der Waals surface area (Å²) in [7, 11) is -2.70. The molecule has 0 aliphatic heterocycles. The van der Waals surface area contributed by atoms with Crippen LogP contribution in [0.1, 0.15) is 25.0 Å². The summed E-state index contributed by atoms with van der Waals surface area (Å²) in [4.78, 5) is 28.1. The van der Waals surface area contributed by atoms with Crippen LogP contribution in [-0.4, -0.2) is 57.9 Å². The first kappa shape index (κ1) is 28.7. The van der Waals surface area contributed by atoms with E-state index < -0.39 is 28.5 Å². The molecule has 9 heteroatoms. The summed E-state index contributed by atoms with van der Waals surface area (Å²) in [6.45, 7) is 5.44. The summed E-state index contributed by atoms with van der Waals surface area (Å²) in [5.74, 6) is -0.488. The molecule has 0 radical (unpaired) electrons. The molecule has 0 aromatic heterocycles. The minimum atomic E-state index is -4.15. The van der Waals surface area contributed by atoms with Crippen LogP contribution in [0.5, 0.6) is 5.75 Å². The number of nitrogens with zero attached hydrogens (tertiary/aromatic N) is 2. The van der Waals surface area contributed by atoms with Gasteiger partial charge in [0.25, 0.3) is 10.0 Å². The molecule has 3 aromatic rings. The van der Waals surface area contributed by atoms with Crippen LogP contribution in [-0.2, 0) is 26.0 Å². The fourth-order valence-corrected chi connectivity index (χ4v) is 5.56. The van der Waals surface area contributed by atoms with Gasteiger partial charge >= 0.3 is 0 Å². The van der Waals surface area contributed by atoms with E-state index >= 15 is 0 Å². The summed E-state index contributed by atoms with van der Waals surface area (Å²) < 4.78 is 34.3. The van der Waals surface area contributed by atoms with Gasteiger partial charge < -0.3 is 15.0 Å². The molecule has 1 N–H and O–H groups in total. The maximum absolute atomic E-state index is 13.9. The highest BCUT2D eigenvalue weighted by Gasteiger charge is 2.33. The molecule has 3 aromatic carbocycles. The smallest absolute Gasteiger partial charge is 0.264 e. The van der Waals surface area contributed by atoms with Crippen LogP contribution in [0, 0.1) is 6.92 Å². The summed E-state index contributed by atoms with van der Waals surface area (Å²) >= 11 is 0. The molecule has 0 heterocycles. The van der Waals surface area contributed by atoms with Crippen molar-refractivity contribution in [1.29, 1.82) is 0 Å². The Morgan fingerprint density at radius 2 is 1.61 bits per heavy atom. The SMILES string of the molecule is CCNC(=O)[C@@H](C)N(CCc1ccccc1)C(=O)CN(c1cc(C)ccc1OC)S(=O)(=O)c1ccccc1. The number of amides is 2. The third-order valence-corrected chi connectivity index (χ3v) is 7.99. The van der Waals surface area contributed by atoms with Crippen molar-refractivity contribution in [2.45, 2.75) is 38.1 Å². The monoisotopic (exact) mass is 537 g/mol. The summed E-state index contributed by atoms with van der Waals surface area (Å²) in [5.41, 5.74) is 2.05. The van der Waals surface area contributed by atoms with Gasteiger partial charge in [-0.3, -0.25) is 13.9 Å². The number of carbonyl (C=O) groups excluding carboxylic acids is 2. The van der Waals surface area contributed by atoms with Gasteiger partial charge in [-0.05, 0) is 62.6 Å². The molecule has 0 aliphatic rings. The first-order valence-corrected chi connectivity index (χ1v) is 14.0. The van der Waals surface area contributed by atoms with Gasteiger partial charge in [-0.2, -0.15) is 0 Å². The first-order valence-electron chi connectivity index (χ1n) is 12.5. The lowest BCUT2D eigenvalue weighted by Crippen LogP contribution is -2.52. The van der Waals surface area contributed by atoms with E-state index in [-0.39, 0.29) is 23.0 Å². The van der Waals surface area contributed by atoms with Crippen molar-refractivity contribution in [2.24, 2.45) is 0 Å². The van der Waals surface area contributed by atoms with Crippen molar-refractivity contribution in [1.82, 2.24) is 10.2 Å². The van der Waals surface area contributed by atoms with Crippen molar-refractivity contribution >= 4 is 27.5 Å². The Labute approximate surface area is 225 Å². The lowest BCUT2D eigenvalue weighted by atomic mass is 10.1. The number of sulfonamides is 1. The van der Waals surface area contributed by atoms with Crippen LogP contribution < -0.4 is 14.4 Å². The average molecular weight is 538 g/mol. The molecule has 1 atom stereocenters. The van der Waals surface area contributed by atoms with Crippen LogP contribution in [0.25, 0.3) is 0 Å². The van der Waals surface area contributed by atoms with E-state index in [4.69, 9.17) is 4.74 Å². The zero-order chi connectivity index (χ0) is 27.7. The van der Waals surface area contributed by atoms with Gasteiger partial charge in [0.05, 0.1) is 17.7 Å². The predicted octanol–water partition coefficient (Wildman–Crippen LogP) is 3.79. The van der Waals surface area contributed by atoms with Gasteiger partial charge in [-0.1, -0.05) is 54.6 Å². The number of likely N-dealkylation sites (N-methyl/N-ethyl adjacent to an activating group) is 1. The van der Waals surface area contributed by atoms with E-state index in [9.17, 15) is 18.0 Å². The Morgan fingerprint density at radius 3 is 2.21 bits per heavy atom. The lowest BCUT2D eigenvalue weighted by molar-refractivity contribution is -0.138. The second-order valence-electron chi connectivity index (χ2n) is 8.89. The Morgan fingerprint density at radius 1 is 0.974 bits per heavy atom. The van der Waals surface area contributed by atoms with Crippen LogP contribution >= 0.6 is 0 Å². The summed E-state index contributed by atoms with van der Waals surface area (Å²) in [6, 6.07) is 21.9. The van der Waals surface area contributed by atoms with Crippen LogP contribution in [0.4, 0.5) is 5.69 Å².